The minimum atomic E-state index is -0.540. The second kappa shape index (κ2) is 9.22. The van der Waals surface area contributed by atoms with E-state index in [0.717, 1.165) is 27.8 Å². The molecule has 0 N–H and O–H groups in total. The number of esters is 1. The molecule has 7 heteroatoms. The van der Waals surface area contributed by atoms with Gasteiger partial charge < -0.3 is 18.8 Å². The van der Waals surface area contributed by atoms with E-state index in [0.29, 0.717) is 18.7 Å². The number of hydrogen-bond acceptors (Lipinski definition) is 6. The predicted molar refractivity (Wildman–Crippen MR) is 119 cm³/mol. The standard InChI is InChI=1S/C24H23NO5S/c1-16-12-20(21(26)15-29-24(27)10-9-19-6-5-11-31-19)17(2)25(16)13-18-14-28-22-7-3-4-8-23(22)30-18/h3-12,18H,13-15H2,1-2H3/b10-9+/t18-/m0/s1. The van der Waals surface area contributed by atoms with Crippen LogP contribution in [0.15, 0.2) is 53.9 Å². The predicted octanol–water partition coefficient (Wildman–Crippen LogP) is 4.45. The monoisotopic (exact) mass is 437 g/mol. The van der Waals surface area contributed by atoms with Crippen LogP contribution in [0.5, 0.6) is 11.5 Å². The van der Waals surface area contributed by atoms with Crippen molar-refractivity contribution >= 4 is 29.2 Å². The molecule has 0 fully saturated rings. The fraction of sp³-hybridized carbons (Fsp3) is 0.250. The molecule has 3 heterocycles. The second-order valence-electron chi connectivity index (χ2n) is 7.27. The molecule has 1 aliphatic rings. The number of ether oxygens (including phenoxy) is 3. The van der Waals surface area contributed by atoms with Gasteiger partial charge in [0.05, 0.1) is 6.54 Å². The van der Waals surface area contributed by atoms with E-state index in [1.807, 2.05) is 66.3 Å². The summed E-state index contributed by atoms with van der Waals surface area (Å²) in [5.41, 5.74) is 2.30. The Morgan fingerprint density at radius 1 is 1.19 bits per heavy atom. The van der Waals surface area contributed by atoms with Gasteiger partial charge in [0.25, 0.3) is 0 Å². The van der Waals surface area contributed by atoms with Gasteiger partial charge in [-0.25, -0.2) is 4.79 Å². The van der Waals surface area contributed by atoms with Crippen LogP contribution >= 0.6 is 11.3 Å². The Kier molecular flexibility index (Phi) is 6.23. The van der Waals surface area contributed by atoms with Crippen molar-refractivity contribution in [2.45, 2.75) is 26.5 Å². The van der Waals surface area contributed by atoms with Gasteiger partial charge in [0, 0.05) is 27.9 Å². The third kappa shape index (κ3) is 4.88. The summed E-state index contributed by atoms with van der Waals surface area (Å²) in [5, 5.41) is 1.92. The molecule has 0 radical (unpaired) electrons. The number of carbonyl (C=O) groups is 2. The minimum Gasteiger partial charge on any atom is -0.486 e. The third-order valence-electron chi connectivity index (χ3n) is 5.10. The number of ketones is 1. The van der Waals surface area contributed by atoms with Gasteiger partial charge in [-0.15, -0.1) is 11.3 Å². The molecule has 31 heavy (non-hydrogen) atoms. The normalized spacial score (nSPS) is 15.2. The van der Waals surface area contributed by atoms with Crippen molar-refractivity contribution in [3.05, 3.63) is 75.7 Å². The number of Topliss-reactive ketones (excluding diaryl/α,β-unsaturated/α-hetero) is 1. The molecular formula is C24H23NO5S. The quantitative estimate of drug-likeness (QED) is 0.310. The zero-order valence-electron chi connectivity index (χ0n) is 17.4. The van der Waals surface area contributed by atoms with Crippen molar-refractivity contribution in [1.82, 2.24) is 4.57 Å². The number of hydrogen-bond donors (Lipinski definition) is 0. The smallest absolute Gasteiger partial charge is 0.331 e. The summed E-state index contributed by atoms with van der Waals surface area (Å²) in [5.74, 6) is 0.691. The topological polar surface area (TPSA) is 66.8 Å². The summed E-state index contributed by atoms with van der Waals surface area (Å²) >= 11 is 1.52. The Morgan fingerprint density at radius 2 is 2.00 bits per heavy atom. The SMILES string of the molecule is Cc1cc(C(=O)COC(=O)/C=C/c2cccs2)c(C)n1C[C@H]1COc2ccccc2O1. The molecule has 0 bridgehead atoms. The molecule has 1 aromatic carbocycles. The van der Waals surface area contributed by atoms with Crippen LogP contribution in [0.25, 0.3) is 6.08 Å². The number of fused-ring (bicyclic) bond motifs is 1. The first kappa shape index (κ1) is 20.9. The first-order valence-electron chi connectivity index (χ1n) is 9.98. The number of benzene rings is 1. The van der Waals surface area contributed by atoms with Gasteiger partial charge in [-0.2, -0.15) is 0 Å². The number of thiophene rings is 1. The molecule has 3 aromatic rings. The van der Waals surface area contributed by atoms with E-state index in [1.54, 1.807) is 6.08 Å². The Labute approximate surface area is 184 Å². The number of aromatic nitrogens is 1. The van der Waals surface area contributed by atoms with Crippen molar-refractivity contribution < 1.29 is 23.8 Å². The summed E-state index contributed by atoms with van der Waals surface area (Å²) in [4.78, 5) is 25.5. The number of rotatable bonds is 7. The van der Waals surface area contributed by atoms with Crippen LogP contribution in [0, 0.1) is 13.8 Å². The molecule has 0 saturated heterocycles. The van der Waals surface area contributed by atoms with E-state index in [4.69, 9.17) is 14.2 Å². The highest BCUT2D eigenvalue weighted by molar-refractivity contribution is 7.10. The molecular weight excluding hydrogens is 414 g/mol. The fourth-order valence-electron chi connectivity index (χ4n) is 3.52. The fourth-order valence-corrected chi connectivity index (χ4v) is 4.14. The van der Waals surface area contributed by atoms with Crippen LogP contribution in [0.4, 0.5) is 0 Å². The summed E-state index contributed by atoms with van der Waals surface area (Å²) in [6.07, 6.45) is 2.84. The second-order valence-corrected chi connectivity index (χ2v) is 8.25. The average Bonchev–Trinajstić information content (AvgIpc) is 3.40. The lowest BCUT2D eigenvalue weighted by Gasteiger charge is -2.27. The first-order valence-corrected chi connectivity index (χ1v) is 10.9. The highest BCUT2D eigenvalue weighted by Gasteiger charge is 2.24. The van der Waals surface area contributed by atoms with Gasteiger partial charge in [-0.05, 0) is 49.6 Å². The van der Waals surface area contributed by atoms with Gasteiger partial charge in [-0.3, -0.25) is 4.79 Å². The van der Waals surface area contributed by atoms with Crippen LogP contribution in [-0.4, -0.2) is 35.6 Å². The van der Waals surface area contributed by atoms with Crippen molar-refractivity contribution in [1.29, 1.82) is 0 Å². The van der Waals surface area contributed by atoms with Crippen molar-refractivity contribution in [3.8, 4) is 11.5 Å². The molecule has 0 unspecified atom stereocenters. The van der Waals surface area contributed by atoms with Crippen LogP contribution < -0.4 is 9.47 Å². The van der Waals surface area contributed by atoms with E-state index >= 15 is 0 Å². The summed E-state index contributed by atoms with van der Waals surface area (Å²) < 4.78 is 19.0. The molecule has 0 amide bonds. The number of para-hydroxylation sites is 2. The minimum absolute atomic E-state index is 0.164. The molecule has 160 valence electrons. The first-order chi connectivity index (χ1) is 15.0. The van der Waals surface area contributed by atoms with E-state index in [9.17, 15) is 9.59 Å². The molecule has 2 aromatic heterocycles. The third-order valence-corrected chi connectivity index (χ3v) is 5.94. The van der Waals surface area contributed by atoms with Crippen molar-refractivity contribution in [2.24, 2.45) is 0 Å². The van der Waals surface area contributed by atoms with Gasteiger partial charge in [0.15, 0.2) is 24.2 Å². The molecule has 0 spiro atoms. The average molecular weight is 438 g/mol. The molecule has 6 nitrogen and oxygen atoms in total. The Morgan fingerprint density at radius 3 is 2.77 bits per heavy atom. The van der Waals surface area contributed by atoms with Crippen LogP contribution in [0.3, 0.4) is 0 Å². The largest absolute Gasteiger partial charge is 0.486 e. The van der Waals surface area contributed by atoms with Gasteiger partial charge in [-0.1, -0.05) is 18.2 Å². The highest BCUT2D eigenvalue weighted by atomic mass is 32.1. The summed E-state index contributed by atoms with van der Waals surface area (Å²) in [6, 6.07) is 13.2. The van der Waals surface area contributed by atoms with Crippen LogP contribution in [0.2, 0.25) is 0 Å². The Hall–Kier alpha value is -3.32. The summed E-state index contributed by atoms with van der Waals surface area (Å²) in [7, 11) is 0. The van der Waals surface area contributed by atoms with Crippen LogP contribution in [0.1, 0.15) is 26.6 Å². The number of carbonyl (C=O) groups excluding carboxylic acids is 2. The Bertz CT molecular complexity index is 1110. The molecule has 4 rings (SSSR count). The zero-order chi connectivity index (χ0) is 21.8. The highest BCUT2D eigenvalue weighted by Crippen LogP contribution is 2.31. The maximum absolute atomic E-state index is 12.7. The van der Waals surface area contributed by atoms with Gasteiger partial charge >= 0.3 is 5.97 Å². The van der Waals surface area contributed by atoms with Crippen molar-refractivity contribution in [3.63, 3.8) is 0 Å². The lowest BCUT2D eigenvalue weighted by Crippen LogP contribution is -2.33. The maximum Gasteiger partial charge on any atom is 0.331 e. The summed E-state index contributed by atoms with van der Waals surface area (Å²) in [6.45, 7) is 4.52. The van der Waals surface area contributed by atoms with E-state index < -0.39 is 5.97 Å². The van der Waals surface area contributed by atoms with Crippen LogP contribution in [-0.2, 0) is 16.1 Å². The van der Waals surface area contributed by atoms with Crippen molar-refractivity contribution in [2.75, 3.05) is 13.2 Å². The number of aryl methyl sites for hydroxylation is 1. The molecule has 1 atom stereocenters. The number of nitrogens with zero attached hydrogens (tertiary/aromatic N) is 1. The van der Waals surface area contributed by atoms with Gasteiger partial charge in [0.2, 0.25) is 5.78 Å². The Balaban J connectivity index is 1.37. The zero-order valence-corrected chi connectivity index (χ0v) is 18.2. The van der Waals surface area contributed by atoms with Gasteiger partial charge in [0.1, 0.15) is 6.61 Å². The van der Waals surface area contributed by atoms with E-state index in [2.05, 4.69) is 0 Å². The molecule has 0 saturated carbocycles. The maximum atomic E-state index is 12.7. The lowest BCUT2D eigenvalue weighted by atomic mass is 10.1. The van der Waals surface area contributed by atoms with E-state index in [1.165, 1.54) is 17.4 Å². The van der Waals surface area contributed by atoms with E-state index in [-0.39, 0.29) is 18.5 Å². The lowest BCUT2D eigenvalue weighted by molar-refractivity contribution is -0.136. The molecule has 1 aliphatic heterocycles. The molecule has 0 aliphatic carbocycles.